The van der Waals surface area contributed by atoms with Crippen molar-refractivity contribution in [3.63, 3.8) is 0 Å². The number of amides is 2. The van der Waals surface area contributed by atoms with Crippen molar-refractivity contribution >= 4 is 27.5 Å². The number of ether oxygens (including phenoxy) is 1. The summed E-state index contributed by atoms with van der Waals surface area (Å²) in [5.41, 5.74) is 1.00. The van der Waals surface area contributed by atoms with Crippen LogP contribution in [0, 0.1) is 11.6 Å². The number of nitrogens with zero attached hydrogens (tertiary/aromatic N) is 2. The Balaban J connectivity index is 1.93. The van der Waals surface area contributed by atoms with Gasteiger partial charge in [-0.25, -0.2) is 17.2 Å². The smallest absolute Gasteiger partial charge is 0.243 e. The van der Waals surface area contributed by atoms with Crippen molar-refractivity contribution in [1.82, 2.24) is 10.2 Å². The molecule has 0 heterocycles. The lowest BCUT2D eigenvalue weighted by Crippen LogP contribution is -2.54. The van der Waals surface area contributed by atoms with Gasteiger partial charge in [0, 0.05) is 37.5 Å². The van der Waals surface area contributed by atoms with Gasteiger partial charge in [-0.15, -0.1) is 0 Å². The summed E-state index contributed by atoms with van der Waals surface area (Å²) >= 11 is 0. The maximum atomic E-state index is 13.9. The molecule has 0 aliphatic heterocycles. The van der Waals surface area contributed by atoms with Gasteiger partial charge in [0.05, 0.1) is 19.1 Å². The van der Waals surface area contributed by atoms with Gasteiger partial charge in [-0.05, 0) is 62.6 Å². The quantitative estimate of drug-likeness (QED) is 0.290. The highest BCUT2D eigenvalue weighted by Crippen LogP contribution is 2.23. The topological polar surface area (TPSA) is 96.0 Å². The van der Waals surface area contributed by atoms with Crippen LogP contribution in [0.1, 0.15) is 44.7 Å². The first-order chi connectivity index (χ1) is 20.2. The number of hydrogen-bond acceptors (Lipinski definition) is 5. The van der Waals surface area contributed by atoms with E-state index in [1.807, 2.05) is 57.2 Å². The summed E-state index contributed by atoms with van der Waals surface area (Å²) in [4.78, 5) is 29.1. The van der Waals surface area contributed by atoms with Gasteiger partial charge in [-0.1, -0.05) is 42.5 Å². The standard InChI is InChI=1S/C32H39F2N3O5S/c1-32(2,3)35-31(39)29(20-23-11-7-6-8-12-23)36(22-24-13-9-14-26(19-24)42-4)30(38)15-10-18-37(43(5,40)41)25-16-17-27(33)28(34)21-25/h6-9,11-14,16-17,19,21,29H,10,15,18,20,22H2,1-5H3,(H,35,39)/t29-/m1/s1. The molecule has 1 atom stereocenters. The van der Waals surface area contributed by atoms with Crippen molar-refractivity contribution < 1.29 is 31.5 Å². The molecular weight excluding hydrogens is 576 g/mol. The third-order valence-corrected chi connectivity index (χ3v) is 7.79. The fourth-order valence-corrected chi connectivity index (χ4v) is 5.58. The van der Waals surface area contributed by atoms with Crippen LogP contribution in [0.15, 0.2) is 72.8 Å². The van der Waals surface area contributed by atoms with Gasteiger partial charge in [-0.2, -0.15) is 0 Å². The van der Waals surface area contributed by atoms with Gasteiger partial charge >= 0.3 is 0 Å². The number of carbonyl (C=O) groups is 2. The van der Waals surface area contributed by atoms with Crippen LogP contribution in [-0.2, 0) is 32.6 Å². The zero-order valence-corrected chi connectivity index (χ0v) is 26.0. The Kier molecular flexibility index (Phi) is 11.3. The second-order valence-electron chi connectivity index (χ2n) is 11.4. The molecule has 0 saturated carbocycles. The number of halogens is 2. The number of carbonyl (C=O) groups excluding carboxylic acids is 2. The highest BCUT2D eigenvalue weighted by Gasteiger charge is 2.32. The van der Waals surface area contributed by atoms with E-state index in [0.717, 1.165) is 33.8 Å². The lowest BCUT2D eigenvalue weighted by Gasteiger charge is -2.34. The Bertz CT molecular complexity index is 1510. The predicted molar refractivity (Wildman–Crippen MR) is 163 cm³/mol. The van der Waals surface area contributed by atoms with E-state index in [1.165, 1.54) is 18.1 Å². The van der Waals surface area contributed by atoms with Gasteiger partial charge in [0.1, 0.15) is 11.8 Å². The number of methoxy groups -OCH3 is 1. The van der Waals surface area contributed by atoms with E-state index >= 15 is 0 Å². The zero-order chi connectivity index (χ0) is 31.8. The number of nitrogens with one attached hydrogen (secondary N) is 1. The van der Waals surface area contributed by atoms with Crippen molar-refractivity contribution in [3.05, 3.63) is 95.6 Å². The Hall–Kier alpha value is -3.99. The zero-order valence-electron chi connectivity index (χ0n) is 25.1. The van der Waals surface area contributed by atoms with Gasteiger partial charge in [-0.3, -0.25) is 13.9 Å². The van der Waals surface area contributed by atoms with E-state index in [2.05, 4.69) is 5.32 Å². The van der Waals surface area contributed by atoms with Crippen LogP contribution < -0.4 is 14.4 Å². The monoisotopic (exact) mass is 615 g/mol. The van der Waals surface area contributed by atoms with E-state index in [4.69, 9.17) is 4.74 Å². The van der Waals surface area contributed by atoms with Crippen LogP contribution in [-0.4, -0.2) is 56.6 Å². The van der Waals surface area contributed by atoms with Crippen molar-refractivity contribution in [3.8, 4) is 5.75 Å². The van der Waals surface area contributed by atoms with E-state index in [-0.39, 0.29) is 49.9 Å². The molecule has 3 rings (SSSR count). The first-order valence-electron chi connectivity index (χ1n) is 13.9. The van der Waals surface area contributed by atoms with E-state index in [0.29, 0.717) is 5.75 Å². The minimum absolute atomic E-state index is 0.0476. The summed E-state index contributed by atoms with van der Waals surface area (Å²) in [7, 11) is -2.33. The largest absolute Gasteiger partial charge is 0.497 e. The third-order valence-electron chi connectivity index (χ3n) is 6.60. The fraction of sp³-hybridized carbons (Fsp3) is 0.375. The normalized spacial score (nSPS) is 12.3. The molecule has 0 aromatic heterocycles. The van der Waals surface area contributed by atoms with Gasteiger partial charge < -0.3 is 15.0 Å². The molecule has 43 heavy (non-hydrogen) atoms. The maximum Gasteiger partial charge on any atom is 0.243 e. The molecule has 1 N–H and O–H groups in total. The third kappa shape index (κ3) is 10.1. The van der Waals surface area contributed by atoms with Crippen molar-refractivity contribution in [2.24, 2.45) is 0 Å². The van der Waals surface area contributed by atoms with Gasteiger partial charge in [0.2, 0.25) is 21.8 Å². The molecule has 0 fully saturated rings. The highest BCUT2D eigenvalue weighted by atomic mass is 32.2. The lowest BCUT2D eigenvalue weighted by molar-refractivity contribution is -0.142. The van der Waals surface area contributed by atoms with Crippen LogP contribution in [0.25, 0.3) is 0 Å². The minimum atomic E-state index is -3.87. The summed E-state index contributed by atoms with van der Waals surface area (Å²) in [5, 5.41) is 3.00. The number of benzene rings is 3. The predicted octanol–water partition coefficient (Wildman–Crippen LogP) is 5.07. The summed E-state index contributed by atoms with van der Waals surface area (Å²) in [6, 6.07) is 18.5. The molecule has 8 nitrogen and oxygen atoms in total. The highest BCUT2D eigenvalue weighted by molar-refractivity contribution is 7.92. The second kappa shape index (κ2) is 14.5. The average molecular weight is 616 g/mol. The van der Waals surface area contributed by atoms with Crippen LogP contribution in [0.5, 0.6) is 5.75 Å². The Labute approximate surface area is 252 Å². The maximum absolute atomic E-state index is 13.9. The van der Waals surface area contributed by atoms with Crippen molar-refractivity contribution in [2.45, 2.75) is 58.2 Å². The summed E-state index contributed by atoms with van der Waals surface area (Å²) in [6.45, 7) is 5.52. The minimum Gasteiger partial charge on any atom is -0.497 e. The van der Waals surface area contributed by atoms with Crippen LogP contribution in [0.2, 0.25) is 0 Å². The molecule has 2 amide bonds. The van der Waals surface area contributed by atoms with Gasteiger partial charge in [0.25, 0.3) is 0 Å². The number of rotatable bonds is 13. The van der Waals surface area contributed by atoms with E-state index in [9.17, 15) is 26.8 Å². The SMILES string of the molecule is COc1cccc(CN(C(=O)CCCN(c2ccc(F)c(F)c2)S(C)(=O)=O)[C@H](Cc2ccccc2)C(=O)NC(C)(C)C)c1. The van der Waals surface area contributed by atoms with E-state index < -0.39 is 33.2 Å². The summed E-state index contributed by atoms with van der Waals surface area (Å²) < 4.78 is 58.7. The van der Waals surface area contributed by atoms with Crippen LogP contribution >= 0.6 is 0 Å². The molecule has 0 aliphatic carbocycles. The molecule has 0 spiro atoms. The lowest BCUT2D eigenvalue weighted by atomic mass is 10.00. The molecular formula is C32H39F2N3O5S. The van der Waals surface area contributed by atoms with Crippen LogP contribution in [0.4, 0.5) is 14.5 Å². The Morgan fingerprint density at radius 3 is 2.21 bits per heavy atom. The Morgan fingerprint density at radius 2 is 1.60 bits per heavy atom. The summed E-state index contributed by atoms with van der Waals surface area (Å²) in [5.74, 6) is -2.38. The van der Waals surface area contributed by atoms with Crippen molar-refractivity contribution in [2.75, 3.05) is 24.2 Å². The van der Waals surface area contributed by atoms with Crippen LogP contribution in [0.3, 0.4) is 0 Å². The molecule has 3 aromatic carbocycles. The Morgan fingerprint density at radius 1 is 0.930 bits per heavy atom. The average Bonchev–Trinajstić information content (AvgIpc) is 2.93. The molecule has 0 aliphatic rings. The number of sulfonamides is 1. The molecule has 0 radical (unpaired) electrons. The van der Waals surface area contributed by atoms with Crippen molar-refractivity contribution in [1.29, 1.82) is 0 Å². The van der Waals surface area contributed by atoms with Gasteiger partial charge in [0.15, 0.2) is 11.6 Å². The first-order valence-corrected chi connectivity index (χ1v) is 15.7. The number of anilines is 1. The molecule has 11 heteroatoms. The molecule has 0 saturated heterocycles. The summed E-state index contributed by atoms with van der Waals surface area (Å²) in [6.07, 6.45) is 1.17. The first kappa shape index (κ1) is 33.5. The fourth-order valence-electron chi connectivity index (χ4n) is 4.62. The molecule has 232 valence electrons. The number of hydrogen-bond donors (Lipinski definition) is 1. The molecule has 3 aromatic rings. The molecule has 0 bridgehead atoms. The molecule has 0 unspecified atom stereocenters. The van der Waals surface area contributed by atoms with E-state index in [1.54, 1.807) is 18.2 Å². The second-order valence-corrected chi connectivity index (χ2v) is 13.3.